The molecule has 2 rings (SSSR count). The van der Waals surface area contributed by atoms with Crippen molar-refractivity contribution >= 4 is 11.8 Å². The number of aryl methyl sites for hydroxylation is 1. The number of nitrogens with two attached hydrogens (primary N) is 2. The molecule has 0 atom stereocenters. The minimum Gasteiger partial charge on any atom is -0.383 e. The van der Waals surface area contributed by atoms with Crippen LogP contribution in [0.1, 0.15) is 11.4 Å². The first-order valence-electron chi connectivity index (χ1n) is 4.70. The van der Waals surface area contributed by atoms with E-state index in [1.807, 2.05) is 6.92 Å². The number of hydrogen-bond donors (Lipinski definition) is 3. The number of hydrogen-bond acceptors (Lipinski definition) is 5. The van der Waals surface area contributed by atoms with E-state index in [0.29, 0.717) is 12.1 Å². The first-order chi connectivity index (χ1) is 7.58. The number of anilines is 2. The molecule has 0 bridgehead atoms. The van der Waals surface area contributed by atoms with Crippen molar-refractivity contribution in [3.63, 3.8) is 0 Å². The minimum absolute atomic E-state index is 0.0219. The van der Waals surface area contributed by atoms with Gasteiger partial charge >= 0.3 is 0 Å². The number of H-pyrrole nitrogens is 1. The van der Waals surface area contributed by atoms with Crippen molar-refractivity contribution in [3.8, 4) is 0 Å². The van der Waals surface area contributed by atoms with Crippen LogP contribution in [0, 0.1) is 6.92 Å². The molecule has 0 aromatic carbocycles. The number of rotatable bonds is 2. The lowest BCUT2D eigenvalue weighted by molar-refractivity contribution is 0.751. The fourth-order valence-electron chi connectivity index (χ4n) is 1.43. The average molecular weight is 220 g/mol. The highest BCUT2D eigenvalue weighted by molar-refractivity contribution is 5.41. The van der Waals surface area contributed by atoms with E-state index >= 15 is 0 Å². The molecule has 2 aromatic heterocycles. The monoisotopic (exact) mass is 220 g/mol. The minimum atomic E-state index is -0.321. The normalized spacial score (nSPS) is 10.6. The number of aromatic nitrogens is 4. The Labute approximate surface area is 91.1 Å². The standard InChI is InChI=1S/C9H12N6O/c1-5-12-2-3-15(5)4-6-7(10)13-9(11)14-8(6)16/h2-3H,4H2,1H3,(H5,10,11,13,14,16). The van der Waals surface area contributed by atoms with Crippen LogP contribution in [-0.4, -0.2) is 19.5 Å². The molecule has 2 aromatic rings. The number of nitrogens with zero attached hydrogens (tertiary/aromatic N) is 3. The third-order valence-electron chi connectivity index (χ3n) is 2.32. The molecule has 0 saturated heterocycles. The van der Waals surface area contributed by atoms with Crippen molar-refractivity contribution in [1.29, 1.82) is 0 Å². The first-order valence-corrected chi connectivity index (χ1v) is 4.70. The zero-order valence-electron chi connectivity index (χ0n) is 8.77. The highest BCUT2D eigenvalue weighted by Gasteiger charge is 2.09. The van der Waals surface area contributed by atoms with Gasteiger partial charge in [0, 0.05) is 12.4 Å². The molecule has 2 heterocycles. The van der Waals surface area contributed by atoms with Crippen LogP contribution in [0.25, 0.3) is 0 Å². The van der Waals surface area contributed by atoms with E-state index in [-0.39, 0.29) is 17.3 Å². The van der Waals surface area contributed by atoms with E-state index in [9.17, 15) is 4.79 Å². The summed E-state index contributed by atoms with van der Waals surface area (Å²) in [5.74, 6) is 0.971. The molecule has 0 fully saturated rings. The Morgan fingerprint density at radius 2 is 2.25 bits per heavy atom. The Kier molecular flexibility index (Phi) is 2.35. The molecule has 0 aliphatic heterocycles. The molecule has 0 amide bonds. The summed E-state index contributed by atoms with van der Waals surface area (Å²) in [7, 11) is 0. The van der Waals surface area contributed by atoms with Gasteiger partial charge in [-0.15, -0.1) is 0 Å². The third-order valence-corrected chi connectivity index (χ3v) is 2.32. The molecular formula is C9H12N6O. The van der Waals surface area contributed by atoms with Gasteiger partial charge in [-0.2, -0.15) is 4.98 Å². The summed E-state index contributed by atoms with van der Waals surface area (Å²) < 4.78 is 1.80. The fraction of sp³-hybridized carbons (Fsp3) is 0.222. The molecule has 0 saturated carbocycles. The van der Waals surface area contributed by atoms with E-state index in [4.69, 9.17) is 11.5 Å². The van der Waals surface area contributed by atoms with Crippen molar-refractivity contribution < 1.29 is 0 Å². The van der Waals surface area contributed by atoms with Crippen LogP contribution in [0.5, 0.6) is 0 Å². The summed E-state index contributed by atoms with van der Waals surface area (Å²) >= 11 is 0. The topological polar surface area (TPSA) is 116 Å². The van der Waals surface area contributed by atoms with Gasteiger partial charge in [-0.1, -0.05) is 0 Å². The highest BCUT2D eigenvalue weighted by Crippen LogP contribution is 2.07. The summed E-state index contributed by atoms with van der Waals surface area (Å²) in [6, 6.07) is 0. The maximum atomic E-state index is 11.6. The highest BCUT2D eigenvalue weighted by atomic mass is 16.1. The van der Waals surface area contributed by atoms with Crippen molar-refractivity contribution in [2.45, 2.75) is 13.5 Å². The lowest BCUT2D eigenvalue weighted by Crippen LogP contribution is -2.21. The van der Waals surface area contributed by atoms with Crippen molar-refractivity contribution in [2.75, 3.05) is 11.5 Å². The predicted molar refractivity (Wildman–Crippen MR) is 59.7 cm³/mol. The van der Waals surface area contributed by atoms with Gasteiger partial charge < -0.3 is 16.0 Å². The van der Waals surface area contributed by atoms with Gasteiger partial charge in [0.15, 0.2) is 0 Å². The van der Waals surface area contributed by atoms with E-state index in [1.54, 1.807) is 17.0 Å². The summed E-state index contributed by atoms with van der Waals surface area (Å²) in [4.78, 5) is 21.9. The van der Waals surface area contributed by atoms with Gasteiger partial charge in [-0.3, -0.25) is 9.78 Å². The number of aromatic amines is 1. The molecule has 0 aliphatic rings. The van der Waals surface area contributed by atoms with Crippen molar-refractivity contribution in [2.24, 2.45) is 0 Å². The van der Waals surface area contributed by atoms with Crippen LogP contribution >= 0.6 is 0 Å². The third kappa shape index (κ3) is 1.74. The number of nitrogens with one attached hydrogen (secondary N) is 1. The maximum absolute atomic E-state index is 11.6. The second-order valence-corrected chi connectivity index (χ2v) is 3.42. The lowest BCUT2D eigenvalue weighted by atomic mass is 10.3. The average Bonchev–Trinajstić information content (AvgIpc) is 2.57. The molecule has 5 N–H and O–H groups in total. The molecule has 0 unspecified atom stereocenters. The molecular weight excluding hydrogens is 208 g/mol. The molecule has 16 heavy (non-hydrogen) atoms. The first kappa shape index (κ1) is 10.2. The molecule has 0 aliphatic carbocycles. The summed E-state index contributed by atoms with van der Waals surface area (Å²) in [6.07, 6.45) is 3.43. The SMILES string of the molecule is Cc1nccn1Cc1c(N)nc(N)[nH]c1=O. The zero-order chi connectivity index (χ0) is 11.7. The summed E-state index contributed by atoms with van der Waals surface area (Å²) in [5.41, 5.74) is 11.1. The molecule has 0 spiro atoms. The Hall–Kier alpha value is -2.31. The quantitative estimate of drug-likeness (QED) is 0.630. The van der Waals surface area contributed by atoms with Gasteiger partial charge in [0.2, 0.25) is 5.95 Å². The van der Waals surface area contributed by atoms with Crippen molar-refractivity contribution in [3.05, 3.63) is 34.1 Å². The van der Waals surface area contributed by atoms with Gasteiger partial charge in [0.25, 0.3) is 5.56 Å². The van der Waals surface area contributed by atoms with Crippen molar-refractivity contribution in [1.82, 2.24) is 19.5 Å². The number of imidazole rings is 1. The van der Waals surface area contributed by atoms with Gasteiger partial charge in [0.1, 0.15) is 11.6 Å². The molecule has 7 heteroatoms. The van der Waals surface area contributed by atoms with E-state index in [1.165, 1.54) is 0 Å². The van der Waals surface area contributed by atoms with E-state index < -0.39 is 0 Å². The second-order valence-electron chi connectivity index (χ2n) is 3.42. The maximum Gasteiger partial charge on any atom is 0.259 e. The predicted octanol–water partition coefficient (Wildman–Crippen LogP) is -0.512. The van der Waals surface area contributed by atoms with Crippen LogP contribution in [-0.2, 0) is 6.54 Å². The van der Waals surface area contributed by atoms with Crippen LogP contribution < -0.4 is 17.0 Å². The van der Waals surface area contributed by atoms with Crippen LogP contribution in [0.3, 0.4) is 0 Å². The second kappa shape index (κ2) is 3.69. The zero-order valence-corrected chi connectivity index (χ0v) is 8.77. The fourth-order valence-corrected chi connectivity index (χ4v) is 1.43. The molecule has 0 radical (unpaired) electrons. The van der Waals surface area contributed by atoms with Crippen LogP contribution in [0.15, 0.2) is 17.2 Å². The Morgan fingerprint density at radius 3 is 2.81 bits per heavy atom. The van der Waals surface area contributed by atoms with E-state index in [0.717, 1.165) is 5.82 Å². The number of nitrogen functional groups attached to an aromatic ring is 2. The summed E-state index contributed by atoms with van der Waals surface area (Å²) in [6.45, 7) is 2.18. The summed E-state index contributed by atoms with van der Waals surface area (Å²) in [5, 5.41) is 0. The Balaban J connectivity index is 2.43. The van der Waals surface area contributed by atoms with Crippen LogP contribution in [0.4, 0.5) is 11.8 Å². The largest absolute Gasteiger partial charge is 0.383 e. The van der Waals surface area contributed by atoms with Gasteiger partial charge in [0.05, 0.1) is 12.1 Å². The molecule has 7 nitrogen and oxygen atoms in total. The van der Waals surface area contributed by atoms with Gasteiger partial charge in [-0.05, 0) is 6.92 Å². The Morgan fingerprint density at radius 1 is 1.50 bits per heavy atom. The van der Waals surface area contributed by atoms with E-state index in [2.05, 4.69) is 15.0 Å². The van der Waals surface area contributed by atoms with Gasteiger partial charge in [-0.25, -0.2) is 4.98 Å². The van der Waals surface area contributed by atoms with Crippen LogP contribution in [0.2, 0.25) is 0 Å². The molecule has 84 valence electrons. The lowest BCUT2D eigenvalue weighted by Gasteiger charge is -2.06. The smallest absolute Gasteiger partial charge is 0.259 e. The Bertz CT molecular complexity index is 570.